The van der Waals surface area contributed by atoms with E-state index in [4.69, 9.17) is 16.3 Å². The molecule has 0 fully saturated rings. The highest BCUT2D eigenvalue weighted by Gasteiger charge is 2.06. The van der Waals surface area contributed by atoms with E-state index < -0.39 is 0 Å². The van der Waals surface area contributed by atoms with Crippen molar-refractivity contribution in [2.75, 3.05) is 11.9 Å². The fraction of sp³-hybridized carbons (Fsp3) is 0.188. The molecule has 0 heterocycles. The maximum atomic E-state index is 11.6. The summed E-state index contributed by atoms with van der Waals surface area (Å²) in [6.45, 7) is 2.81. The lowest BCUT2D eigenvalue weighted by molar-refractivity contribution is 0.0526. The van der Waals surface area contributed by atoms with Crippen LogP contribution in [0.4, 0.5) is 5.69 Å². The Morgan fingerprint density at radius 2 is 2.00 bits per heavy atom. The van der Waals surface area contributed by atoms with Crippen molar-refractivity contribution in [1.82, 2.24) is 0 Å². The van der Waals surface area contributed by atoms with Gasteiger partial charge < -0.3 is 10.1 Å². The first-order valence-corrected chi connectivity index (χ1v) is 6.82. The van der Waals surface area contributed by atoms with E-state index in [1.807, 2.05) is 36.4 Å². The second kappa shape index (κ2) is 6.96. The molecule has 20 heavy (non-hydrogen) atoms. The summed E-state index contributed by atoms with van der Waals surface area (Å²) in [4.78, 5) is 11.6. The summed E-state index contributed by atoms with van der Waals surface area (Å²) in [7, 11) is 0. The summed E-state index contributed by atoms with van der Waals surface area (Å²) in [5.74, 6) is -0.307. The molecule has 0 aromatic heterocycles. The Labute approximate surface area is 123 Å². The molecular formula is C16H16ClNO2. The number of hydrogen-bond donors (Lipinski definition) is 1. The third-order valence-electron chi connectivity index (χ3n) is 2.76. The molecule has 0 saturated heterocycles. The number of ether oxygens (including phenoxy) is 1. The number of nitrogens with one attached hydrogen (secondary N) is 1. The van der Waals surface area contributed by atoms with Crippen LogP contribution in [0.2, 0.25) is 5.02 Å². The van der Waals surface area contributed by atoms with Crippen LogP contribution in [0.1, 0.15) is 22.8 Å². The Kier molecular flexibility index (Phi) is 5.02. The number of anilines is 1. The van der Waals surface area contributed by atoms with Gasteiger partial charge in [-0.2, -0.15) is 0 Å². The molecule has 4 heteroatoms. The Hall–Kier alpha value is -2.00. The Bertz CT molecular complexity index is 599. The molecule has 104 valence electrons. The van der Waals surface area contributed by atoms with E-state index in [1.54, 1.807) is 19.1 Å². The predicted molar refractivity (Wildman–Crippen MR) is 81.2 cm³/mol. The minimum atomic E-state index is -0.307. The summed E-state index contributed by atoms with van der Waals surface area (Å²) in [5.41, 5.74) is 2.50. The van der Waals surface area contributed by atoms with Gasteiger partial charge in [0.25, 0.3) is 0 Å². The van der Waals surface area contributed by atoms with Gasteiger partial charge in [-0.1, -0.05) is 29.8 Å². The highest BCUT2D eigenvalue weighted by Crippen LogP contribution is 2.15. The van der Waals surface area contributed by atoms with Crippen molar-refractivity contribution in [3.05, 3.63) is 64.7 Å². The van der Waals surface area contributed by atoms with Crippen LogP contribution in [0.3, 0.4) is 0 Å². The van der Waals surface area contributed by atoms with Crippen LogP contribution in [0.15, 0.2) is 48.5 Å². The van der Waals surface area contributed by atoms with Crippen LogP contribution in [0, 0.1) is 0 Å². The number of carbonyl (C=O) groups is 1. The first-order chi connectivity index (χ1) is 9.69. The summed E-state index contributed by atoms with van der Waals surface area (Å²) >= 11 is 5.94. The third-order valence-corrected chi connectivity index (χ3v) is 2.99. The first-order valence-electron chi connectivity index (χ1n) is 6.44. The molecule has 0 radical (unpaired) electrons. The summed E-state index contributed by atoms with van der Waals surface area (Å²) < 4.78 is 4.98. The van der Waals surface area contributed by atoms with Crippen LogP contribution < -0.4 is 5.32 Å². The normalized spacial score (nSPS) is 10.1. The molecule has 0 unspecified atom stereocenters. The zero-order valence-electron chi connectivity index (χ0n) is 11.2. The van der Waals surface area contributed by atoms with Crippen LogP contribution in [-0.4, -0.2) is 12.6 Å². The van der Waals surface area contributed by atoms with E-state index in [0.717, 1.165) is 11.3 Å². The summed E-state index contributed by atoms with van der Waals surface area (Å²) in [6.07, 6.45) is 0. The standard InChI is InChI=1S/C16H16ClNO2/c1-2-20-16(19)13-6-4-8-15(10-13)18-11-12-5-3-7-14(17)9-12/h3-10,18H,2,11H2,1H3. The van der Waals surface area contributed by atoms with Crippen molar-refractivity contribution >= 4 is 23.3 Å². The monoisotopic (exact) mass is 289 g/mol. The summed E-state index contributed by atoms with van der Waals surface area (Å²) in [6, 6.07) is 14.9. The van der Waals surface area contributed by atoms with Gasteiger partial charge in [-0.15, -0.1) is 0 Å². The molecule has 3 nitrogen and oxygen atoms in total. The molecule has 0 amide bonds. The SMILES string of the molecule is CCOC(=O)c1cccc(NCc2cccc(Cl)c2)c1. The van der Waals surface area contributed by atoms with Crippen molar-refractivity contribution in [3.8, 4) is 0 Å². The average molecular weight is 290 g/mol. The van der Waals surface area contributed by atoms with E-state index in [2.05, 4.69) is 5.32 Å². The number of rotatable bonds is 5. The van der Waals surface area contributed by atoms with Gasteiger partial charge >= 0.3 is 5.97 Å². The van der Waals surface area contributed by atoms with Crippen molar-refractivity contribution < 1.29 is 9.53 Å². The second-order valence-electron chi connectivity index (χ2n) is 4.28. The Morgan fingerprint density at radius 3 is 2.75 bits per heavy atom. The average Bonchev–Trinajstić information content (AvgIpc) is 2.46. The lowest BCUT2D eigenvalue weighted by Gasteiger charge is -2.08. The highest BCUT2D eigenvalue weighted by molar-refractivity contribution is 6.30. The Balaban J connectivity index is 2.03. The molecule has 2 aromatic carbocycles. The van der Waals surface area contributed by atoms with Gasteiger partial charge in [-0.3, -0.25) is 0 Å². The molecule has 0 aliphatic carbocycles. The molecule has 0 spiro atoms. The van der Waals surface area contributed by atoms with Gasteiger partial charge in [0.1, 0.15) is 0 Å². The Morgan fingerprint density at radius 1 is 1.20 bits per heavy atom. The van der Waals surface area contributed by atoms with Crippen molar-refractivity contribution in [1.29, 1.82) is 0 Å². The first kappa shape index (κ1) is 14.4. The number of benzene rings is 2. The maximum absolute atomic E-state index is 11.6. The molecular weight excluding hydrogens is 274 g/mol. The van der Waals surface area contributed by atoms with Gasteiger partial charge in [-0.25, -0.2) is 4.79 Å². The molecule has 0 atom stereocenters. The summed E-state index contributed by atoms with van der Waals surface area (Å²) in [5, 5.41) is 3.97. The van der Waals surface area contributed by atoms with Crippen LogP contribution in [0.5, 0.6) is 0 Å². The van der Waals surface area contributed by atoms with Gasteiger partial charge in [0.2, 0.25) is 0 Å². The predicted octanol–water partition coefficient (Wildman–Crippen LogP) is 4.13. The number of hydrogen-bond acceptors (Lipinski definition) is 3. The molecule has 2 rings (SSSR count). The van der Waals surface area contributed by atoms with E-state index in [9.17, 15) is 4.79 Å². The van der Waals surface area contributed by atoms with E-state index in [-0.39, 0.29) is 5.97 Å². The smallest absolute Gasteiger partial charge is 0.338 e. The number of carbonyl (C=O) groups excluding carboxylic acids is 1. The zero-order chi connectivity index (χ0) is 14.4. The largest absolute Gasteiger partial charge is 0.462 e. The van der Waals surface area contributed by atoms with Crippen LogP contribution in [0.25, 0.3) is 0 Å². The van der Waals surface area contributed by atoms with E-state index in [0.29, 0.717) is 23.7 Å². The molecule has 0 bridgehead atoms. The van der Waals surface area contributed by atoms with Crippen molar-refractivity contribution in [2.45, 2.75) is 13.5 Å². The fourth-order valence-electron chi connectivity index (χ4n) is 1.82. The maximum Gasteiger partial charge on any atom is 0.338 e. The minimum Gasteiger partial charge on any atom is -0.462 e. The zero-order valence-corrected chi connectivity index (χ0v) is 12.0. The lowest BCUT2D eigenvalue weighted by Crippen LogP contribution is -2.06. The van der Waals surface area contributed by atoms with Crippen molar-refractivity contribution in [2.24, 2.45) is 0 Å². The minimum absolute atomic E-state index is 0.307. The topological polar surface area (TPSA) is 38.3 Å². The van der Waals surface area contributed by atoms with E-state index in [1.165, 1.54) is 0 Å². The van der Waals surface area contributed by atoms with Crippen molar-refractivity contribution in [3.63, 3.8) is 0 Å². The van der Waals surface area contributed by atoms with Gasteiger partial charge in [-0.05, 0) is 42.8 Å². The quantitative estimate of drug-likeness (QED) is 0.841. The highest BCUT2D eigenvalue weighted by atomic mass is 35.5. The molecule has 2 aromatic rings. The molecule has 0 aliphatic heterocycles. The van der Waals surface area contributed by atoms with Gasteiger partial charge in [0.15, 0.2) is 0 Å². The lowest BCUT2D eigenvalue weighted by atomic mass is 10.2. The third kappa shape index (κ3) is 4.00. The van der Waals surface area contributed by atoms with Gasteiger partial charge in [0.05, 0.1) is 12.2 Å². The fourth-order valence-corrected chi connectivity index (χ4v) is 2.03. The second-order valence-corrected chi connectivity index (χ2v) is 4.72. The number of halogens is 1. The molecule has 1 N–H and O–H groups in total. The molecule has 0 saturated carbocycles. The van der Waals surface area contributed by atoms with Crippen LogP contribution in [-0.2, 0) is 11.3 Å². The van der Waals surface area contributed by atoms with E-state index >= 15 is 0 Å². The number of esters is 1. The van der Waals surface area contributed by atoms with Crippen LogP contribution >= 0.6 is 11.6 Å². The van der Waals surface area contributed by atoms with Gasteiger partial charge in [0, 0.05) is 17.3 Å². The molecule has 0 aliphatic rings.